The maximum absolute atomic E-state index is 5.42. The van der Waals surface area contributed by atoms with Crippen molar-refractivity contribution in [1.29, 1.82) is 0 Å². The van der Waals surface area contributed by atoms with Gasteiger partial charge in [0.25, 0.3) is 0 Å². The zero-order chi connectivity index (χ0) is 21.4. The molecule has 4 aromatic rings. The number of nitrogens with one attached hydrogen (secondary N) is 2. The van der Waals surface area contributed by atoms with E-state index in [9.17, 15) is 0 Å². The van der Waals surface area contributed by atoms with E-state index in [0.717, 1.165) is 26.9 Å². The number of benzene rings is 2. The first-order valence-electron chi connectivity index (χ1n) is 9.30. The number of fused-ring (bicyclic) bond motifs is 2. The lowest BCUT2D eigenvalue weighted by Crippen LogP contribution is -2.04. The van der Waals surface area contributed by atoms with Gasteiger partial charge in [0.1, 0.15) is 0 Å². The fourth-order valence-corrected chi connectivity index (χ4v) is 3.44. The Labute approximate surface area is 184 Å². The number of hydrazone groups is 1. The Kier molecular flexibility index (Phi) is 4.86. The first-order valence-corrected chi connectivity index (χ1v) is 10.1. The van der Waals surface area contributed by atoms with Crippen molar-refractivity contribution >= 4 is 50.8 Å². The van der Waals surface area contributed by atoms with E-state index in [4.69, 9.17) is 14.1 Å². The molecule has 156 valence electrons. The highest BCUT2D eigenvalue weighted by Crippen LogP contribution is 2.36. The molecule has 0 aliphatic carbocycles. The fourth-order valence-electron chi connectivity index (χ4n) is 3.01. The molecule has 31 heavy (non-hydrogen) atoms. The standard InChI is InChI=1S/C20H16BrN7O3/c1-10-4-3-5-14(11(10)2)23-17-18(25-20-19(24-17)27-31-28-20)26-22-8-12-6-15-16(7-13(12)21)30-9-29-15/h3-8H,9H2,1-2H3,(H,23,24,27)(H,25,26,28)/b22-8+. The maximum Gasteiger partial charge on any atom is 0.245 e. The van der Waals surface area contributed by atoms with Gasteiger partial charge in [0.15, 0.2) is 23.1 Å². The molecule has 2 aromatic heterocycles. The number of hydrogen-bond donors (Lipinski definition) is 2. The molecule has 2 aromatic carbocycles. The Morgan fingerprint density at radius 1 is 1.03 bits per heavy atom. The Hall–Kier alpha value is -3.73. The Morgan fingerprint density at radius 2 is 1.77 bits per heavy atom. The smallest absolute Gasteiger partial charge is 0.245 e. The van der Waals surface area contributed by atoms with Crippen LogP contribution >= 0.6 is 15.9 Å². The second-order valence-electron chi connectivity index (χ2n) is 6.80. The summed E-state index contributed by atoms with van der Waals surface area (Å²) in [7, 11) is 0. The van der Waals surface area contributed by atoms with Crippen LogP contribution < -0.4 is 20.2 Å². The van der Waals surface area contributed by atoms with Crippen LogP contribution in [-0.2, 0) is 0 Å². The van der Waals surface area contributed by atoms with Crippen LogP contribution in [0.15, 0.2) is 44.5 Å². The number of hydrogen-bond acceptors (Lipinski definition) is 10. The van der Waals surface area contributed by atoms with E-state index in [-0.39, 0.29) is 12.4 Å². The van der Waals surface area contributed by atoms with Crippen molar-refractivity contribution < 1.29 is 14.1 Å². The minimum atomic E-state index is 0.204. The second-order valence-corrected chi connectivity index (χ2v) is 7.66. The molecule has 0 radical (unpaired) electrons. The average molecular weight is 482 g/mol. The van der Waals surface area contributed by atoms with E-state index in [0.29, 0.717) is 28.8 Å². The van der Waals surface area contributed by atoms with Crippen LogP contribution in [0.25, 0.3) is 11.3 Å². The van der Waals surface area contributed by atoms with E-state index in [1.54, 1.807) is 6.21 Å². The van der Waals surface area contributed by atoms with E-state index in [1.165, 1.54) is 0 Å². The third-order valence-corrected chi connectivity index (χ3v) is 5.52. The van der Waals surface area contributed by atoms with Crippen molar-refractivity contribution in [3.05, 3.63) is 51.5 Å². The average Bonchev–Trinajstić information content (AvgIpc) is 3.40. The molecule has 0 amide bonds. The van der Waals surface area contributed by atoms with Crippen LogP contribution in [0.5, 0.6) is 11.5 Å². The molecule has 0 saturated heterocycles. The Balaban J connectivity index is 1.46. The summed E-state index contributed by atoms with van der Waals surface area (Å²) in [4.78, 5) is 8.89. The number of aryl methyl sites for hydroxylation is 1. The number of nitrogens with zero attached hydrogens (tertiary/aromatic N) is 5. The van der Waals surface area contributed by atoms with Crippen LogP contribution in [0, 0.1) is 13.8 Å². The molecule has 11 heteroatoms. The summed E-state index contributed by atoms with van der Waals surface area (Å²) in [6.07, 6.45) is 1.64. The van der Waals surface area contributed by atoms with Gasteiger partial charge in [-0.2, -0.15) is 10.1 Å². The summed E-state index contributed by atoms with van der Waals surface area (Å²) in [5.41, 5.74) is 7.44. The monoisotopic (exact) mass is 481 g/mol. The van der Waals surface area contributed by atoms with Crippen molar-refractivity contribution in [1.82, 2.24) is 20.3 Å². The van der Waals surface area contributed by atoms with E-state index in [2.05, 4.69) is 52.1 Å². The molecule has 2 N–H and O–H groups in total. The number of halogens is 1. The molecule has 0 bridgehead atoms. The summed E-state index contributed by atoms with van der Waals surface area (Å²) in [5.74, 6) is 2.17. The summed E-state index contributed by atoms with van der Waals surface area (Å²) in [6, 6.07) is 9.65. The molecule has 1 aliphatic heterocycles. The van der Waals surface area contributed by atoms with Gasteiger partial charge in [0.2, 0.25) is 18.1 Å². The lowest BCUT2D eigenvalue weighted by molar-refractivity contribution is 0.174. The molecular formula is C20H16BrN7O3. The van der Waals surface area contributed by atoms with Crippen molar-refractivity contribution in [2.24, 2.45) is 5.10 Å². The molecule has 1 aliphatic rings. The minimum absolute atomic E-state index is 0.204. The first-order chi connectivity index (χ1) is 15.1. The summed E-state index contributed by atoms with van der Waals surface area (Å²) in [6.45, 7) is 4.28. The van der Waals surface area contributed by atoms with Crippen molar-refractivity contribution in [3.8, 4) is 11.5 Å². The lowest BCUT2D eigenvalue weighted by Gasteiger charge is -2.12. The van der Waals surface area contributed by atoms with E-state index < -0.39 is 0 Å². The van der Waals surface area contributed by atoms with Gasteiger partial charge in [-0.25, -0.2) is 9.61 Å². The SMILES string of the molecule is Cc1cccc(Nc2nc3nonc3nc2N/N=C/c2cc3c(cc2Br)OCO3)c1C. The quantitative estimate of drug-likeness (QED) is 0.317. The van der Waals surface area contributed by atoms with Crippen LogP contribution in [0.1, 0.15) is 16.7 Å². The fraction of sp³-hybridized carbons (Fsp3) is 0.150. The normalized spacial score (nSPS) is 12.6. The van der Waals surface area contributed by atoms with Crippen molar-refractivity contribution in [3.63, 3.8) is 0 Å². The topological polar surface area (TPSA) is 120 Å². The highest BCUT2D eigenvalue weighted by atomic mass is 79.9. The van der Waals surface area contributed by atoms with Crippen molar-refractivity contribution in [2.45, 2.75) is 13.8 Å². The maximum atomic E-state index is 5.42. The molecule has 0 spiro atoms. The summed E-state index contributed by atoms with van der Waals surface area (Å²) >= 11 is 3.51. The van der Waals surface area contributed by atoms with Crippen LogP contribution in [0.4, 0.5) is 17.3 Å². The van der Waals surface area contributed by atoms with Gasteiger partial charge in [0, 0.05) is 15.7 Å². The molecule has 0 saturated carbocycles. The van der Waals surface area contributed by atoms with Crippen molar-refractivity contribution in [2.75, 3.05) is 17.5 Å². The van der Waals surface area contributed by atoms with Gasteiger partial charge in [-0.3, -0.25) is 5.43 Å². The zero-order valence-corrected chi connectivity index (χ0v) is 18.1. The van der Waals surface area contributed by atoms with Gasteiger partial charge in [-0.1, -0.05) is 12.1 Å². The second kappa shape index (κ2) is 7.84. The highest BCUT2D eigenvalue weighted by molar-refractivity contribution is 9.10. The van der Waals surface area contributed by atoms with Crippen LogP contribution in [-0.4, -0.2) is 33.3 Å². The summed E-state index contributed by atoms with van der Waals surface area (Å²) < 4.78 is 16.4. The number of anilines is 3. The van der Waals surface area contributed by atoms with Gasteiger partial charge in [0.05, 0.1) is 6.21 Å². The number of aromatic nitrogens is 4. The Morgan fingerprint density at radius 3 is 2.58 bits per heavy atom. The Bertz CT molecular complexity index is 1320. The predicted octanol–water partition coefficient (Wildman–Crippen LogP) is 4.31. The van der Waals surface area contributed by atoms with Gasteiger partial charge < -0.3 is 14.8 Å². The zero-order valence-electron chi connectivity index (χ0n) is 16.5. The van der Waals surface area contributed by atoms with E-state index in [1.807, 2.05) is 44.2 Å². The lowest BCUT2D eigenvalue weighted by atomic mass is 10.1. The molecule has 5 rings (SSSR count). The number of ether oxygens (including phenoxy) is 2. The molecular weight excluding hydrogens is 466 g/mol. The van der Waals surface area contributed by atoms with Gasteiger partial charge in [-0.05, 0) is 69.4 Å². The van der Waals surface area contributed by atoms with Crippen LogP contribution in [0.3, 0.4) is 0 Å². The predicted molar refractivity (Wildman–Crippen MR) is 118 cm³/mol. The van der Waals surface area contributed by atoms with E-state index >= 15 is 0 Å². The molecule has 3 heterocycles. The molecule has 0 unspecified atom stereocenters. The molecule has 0 atom stereocenters. The van der Waals surface area contributed by atoms with Gasteiger partial charge >= 0.3 is 0 Å². The third kappa shape index (κ3) is 3.75. The highest BCUT2D eigenvalue weighted by Gasteiger charge is 2.16. The summed E-state index contributed by atoms with van der Waals surface area (Å²) in [5, 5.41) is 15.1. The third-order valence-electron chi connectivity index (χ3n) is 4.84. The molecule has 0 fully saturated rings. The molecule has 10 nitrogen and oxygen atoms in total. The first kappa shape index (κ1) is 19.2. The minimum Gasteiger partial charge on any atom is -0.454 e. The number of rotatable bonds is 5. The largest absolute Gasteiger partial charge is 0.454 e. The van der Waals surface area contributed by atoms with Crippen LogP contribution in [0.2, 0.25) is 0 Å². The van der Waals surface area contributed by atoms with Gasteiger partial charge in [-0.15, -0.1) is 0 Å².